The minimum absolute atomic E-state index is 0.132. The van der Waals surface area contributed by atoms with E-state index in [-0.39, 0.29) is 22.1 Å². The van der Waals surface area contributed by atoms with Crippen LogP contribution >= 0.6 is 11.6 Å². The van der Waals surface area contributed by atoms with Gasteiger partial charge in [0.05, 0.1) is 29.2 Å². The number of benzene rings is 1. The Kier molecular flexibility index (Phi) is 4.16. The molecule has 0 saturated heterocycles. The van der Waals surface area contributed by atoms with Crippen molar-refractivity contribution in [1.29, 1.82) is 0 Å². The molecule has 1 aliphatic carbocycles. The zero-order chi connectivity index (χ0) is 14.0. The summed E-state index contributed by atoms with van der Waals surface area (Å²) >= 11 is 6.08. The van der Waals surface area contributed by atoms with Gasteiger partial charge in [-0.2, -0.15) is 0 Å². The SMILES string of the molecule is COC(=O)c1cccc(CS(=O)(=O)CC2CC2)c1Cl. The smallest absolute Gasteiger partial charge is 0.339 e. The van der Waals surface area contributed by atoms with Crippen LogP contribution in [0.15, 0.2) is 18.2 Å². The lowest BCUT2D eigenvalue weighted by atomic mass is 10.1. The third kappa shape index (κ3) is 3.70. The average molecular weight is 303 g/mol. The zero-order valence-corrected chi connectivity index (χ0v) is 12.1. The molecule has 0 atom stereocenters. The van der Waals surface area contributed by atoms with E-state index in [2.05, 4.69) is 4.74 Å². The Hall–Kier alpha value is -1.07. The van der Waals surface area contributed by atoms with Gasteiger partial charge in [-0.15, -0.1) is 0 Å². The van der Waals surface area contributed by atoms with Crippen molar-refractivity contribution < 1.29 is 17.9 Å². The first kappa shape index (κ1) is 14.3. The van der Waals surface area contributed by atoms with E-state index >= 15 is 0 Å². The van der Waals surface area contributed by atoms with Crippen LogP contribution < -0.4 is 0 Å². The molecule has 19 heavy (non-hydrogen) atoms. The molecule has 0 aromatic heterocycles. The molecule has 0 amide bonds. The lowest BCUT2D eigenvalue weighted by Crippen LogP contribution is -2.12. The fraction of sp³-hybridized carbons (Fsp3) is 0.462. The Morgan fingerprint density at radius 2 is 2.11 bits per heavy atom. The van der Waals surface area contributed by atoms with Crippen LogP contribution in [-0.4, -0.2) is 27.2 Å². The Morgan fingerprint density at radius 1 is 1.42 bits per heavy atom. The Balaban J connectivity index is 2.22. The summed E-state index contributed by atoms with van der Waals surface area (Å²) in [5.41, 5.74) is 0.647. The highest BCUT2D eigenvalue weighted by Gasteiger charge is 2.28. The molecule has 0 unspecified atom stereocenters. The highest BCUT2D eigenvalue weighted by atomic mass is 35.5. The van der Waals surface area contributed by atoms with E-state index in [0.717, 1.165) is 12.8 Å². The Morgan fingerprint density at radius 3 is 2.68 bits per heavy atom. The first-order valence-electron chi connectivity index (χ1n) is 5.99. The summed E-state index contributed by atoms with van der Waals surface area (Å²) in [6.07, 6.45) is 1.96. The molecule has 1 aromatic rings. The largest absolute Gasteiger partial charge is 0.465 e. The van der Waals surface area contributed by atoms with Gasteiger partial charge in [-0.05, 0) is 30.4 Å². The van der Waals surface area contributed by atoms with Crippen LogP contribution in [0.1, 0.15) is 28.8 Å². The molecule has 0 heterocycles. The van der Waals surface area contributed by atoms with Crippen LogP contribution in [0.3, 0.4) is 0 Å². The quantitative estimate of drug-likeness (QED) is 0.784. The van der Waals surface area contributed by atoms with Crippen LogP contribution in [0.4, 0.5) is 0 Å². The van der Waals surface area contributed by atoms with Crippen molar-refractivity contribution >= 4 is 27.4 Å². The molecule has 0 bridgehead atoms. The average Bonchev–Trinajstić information content (AvgIpc) is 3.13. The predicted molar refractivity (Wildman–Crippen MR) is 73.0 cm³/mol. The van der Waals surface area contributed by atoms with Crippen LogP contribution in [0.2, 0.25) is 5.02 Å². The molecule has 2 rings (SSSR count). The fourth-order valence-electron chi connectivity index (χ4n) is 1.90. The molecule has 0 spiro atoms. The number of carbonyl (C=O) groups is 1. The maximum Gasteiger partial charge on any atom is 0.339 e. The van der Waals surface area contributed by atoms with Gasteiger partial charge in [0.25, 0.3) is 0 Å². The molecule has 0 radical (unpaired) electrons. The summed E-state index contributed by atoms with van der Waals surface area (Å²) in [7, 11) is -1.92. The molecule has 1 aromatic carbocycles. The normalized spacial score (nSPS) is 15.3. The number of hydrogen-bond acceptors (Lipinski definition) is 4. The van der Waals surface area contributed by atoms with E-state index in [0.29, 0.717) is 11.5 Å². The van der Waals surface area contributed by atoms with Gasteiger partial charge < -0.3 is 4.74 Å². The number of hydrogen-bond donors (Lipinski definition) is 0. The summed E-state index contributed by atoms with van der Waals surface area (Å²) in [4.78, 5) is 11.5. The number of esters is 1. The molecule has 6 heteroatoms. The number of carbonyl (C=O) groups excluding carboxylic acids is 1. The summed E-state index contributed by atoms with van der Waals surface area (Å²) in [6.45, 7) is 0. The summed E-state index contributed by atoms with van der Waals surface area (Å²) in [5, 5.41) is 0.161. The zero-order valence-electron chi connectivity index (χ0n) is 10.6. The molecular weight excluding hydrogens is 288 g/mol. The van der Waals surface area contributed by atoms with Gasteiger partial charge in [0.15, 0.2) is 9.84 Å². The van der Waals surface area contributed by atoms with Crippen LogP contribution in [0, 0.1) is 5.92 Å². The molecule has 1 saturated carbocycles. The first-order chi connectivity index (χ1) is 8.93. The van der Waals surface area contributed by atoms with Gasteiger partial charge >= 0.3 is 5.97 Å². The summed E-state index contributed by atoms with van der Waals surface area (Å²) in [6, 6.07) is 4.75. The van der Waals surface area contributed by atoms with Gasteiger partial charge in [-0.1, -0.05) is 23.7 Å². The predicted octanol–water partition coefficient (Wildman–Crippen LogP) is 2.45. The molecule has 1 fully saturated rings. The molecule has 0 N–H and O–H groups in total. The third-order valence-corrected chi connectivity index (χ3v) is 5.22. The number of methoxy groups -OCH3 is 1. The Bertz CT molecular complexity index is 591. The standard InChI is InChI=1S/C13H15ClO4S/c1-18-13(15)11-4-2-3-10(12(11)14)8-19(16,17)7-9-5-6-9/h2-4,9H,5-8H2,1H3. The highest BCUT2D eigenvalue weighted by Crippen LogP contribution is 2.32. The van der Waals surface area contributed by atoms with Crippen LogP contribution in [-0.2, 0) is 20.3 Å². The first-order valence-corrected chi connectivity index (χ1v) is 8.19. The Labute approximate surface area is 117 Å². The number of ether oxygens (including phenoxy) is 1. The minimum atomic E-state index is -3.18. The second-order valence-corrected chi connectivity index (χ2v) is 7.26. The van der Waals surface area contributed by atoms with Crippen molar-refractivity contribution in [3.63, 3.8) is 0 Å². The van der Waals surface area contributed by atoms with Crippen molar-refractivity contribution in [3.05, 3.63) is 34.3 Å². The molecular formula is C13H15ClO4S. The van der Waals surface area contributed by atoms with E-state index in [1.54, 1.807) is 12.1 Å². The second-order valence-electron chi connectivity index (χ2n) is 4.77. The van der Waals surface area contributed by atoms with Gasteiger partial charge in [-0.3, -0.25) is 0 Å². The van der Waals surface area contributed by atoms with E-state index in [4.69, 9.17) is 11.6 Å². The van der Waals surface area contributed by atoms with Crippen molar-refractivity contribution in [2.45, 2.75) is 18.6 Å². The van der Waals surface area contributed by atoms with E-state index < -0.39 is 15.8 Å². The third-order valence-electron chi connectivity index (χ3n) is 3.05. The van der Waals surface area contributed by atoms with E-state index in [1.165, 1.54) is 13.2 Å². The fourth-order valence-corrected chi connectivity index (χ4v) is 4.13. The minimum Gasteiger partial charge on any atom is -0.465 e. The van der Waals surface area contributed by atoms with Gasteiger partial charge in [0, 0.05) is 0 Å². The van der Waals surface area contributed by atoms with E-state index in [1.807, 2.05) is 0 Å². The van der Waals surface area contributed by atoms with Crippen LogP contribution in [0.5, 0.6) is 0 Å². The molecule has 4 nitrogen and oxygen atoms in total. The van der Waals surface area contributed by atoms with Crippen LogP contribution in [0.25, 0.3) is 0 Å². The van der Waals surface area contributed by atoms with Crippen molar-refractivity contribution in [2.24, 2.45) is 5.92 Å². The highest BCUT2D eigenvalue weighted by molar-refractivity contribution is 7.90. The number of sulfone groups is 1. The maximum absolute atomic E-state index is 12.0. The van der Waals surface area contributed by atoms with Gasteiger partial charge in [0.1, 0.15) is 0 Å². The number of halogens is 1. The summed E-state index contributed by atoms with van der Waals surface area (Å²) in [5.74, 6) is -0.196. The van der Waals surface area contributed by atoms with E-state index in [9.17, 15) is 13.2 Å². The van der Waals surface area contributed by atoms with Crippen molar-refractivity contribution in [3.8, 4) is 0 Å². The van der Waals surface area contributed by atoms with Crippen molar-refractivity contribution in [2.75, 3.05) is 12.9 Å². The lowest BCUT2D eigenvalue weighted by Gasteiger charge is -2.09. The molecule has 0 aliphatic heterocycles. The maximum atomic E-state index is 12.0. The molecule has 104 valence electrons. The monoisotopic (exact) mass is 302 g/mol. The molecule has 1 aliphatic rings. The summed E-state index contributed by atoms with van der Waals surface area (Å²) < 4.78 is 28.6. The topological polar surface area (TPSA) is 60.4 Å². The van der Waals surface area contributed by atoms with Crippen molar-refractivity contribution in [1.82, 2.24) is 0 Å². The van der Waals surface area contributed by atoms with Gasteiger partial charge in [-0.25, -0.2) is 13.2 Å². The lowest BCUT2D eigenvalue weighted by molar-refractivity contribution is 0.0601. The second kappa shape index (κ2) is 5.51. The van der Waals surface area contributed by atoms with Gasteiger partial charge in [0.2, 0.25) is 0 Å². The number of rotatable bonds is 5.